The molecular weight excluding hydrogens is 432 g/mol. The van der Waals surface area contributed by atoms with Crippen LogP contribution in [0.15, 0.2) is 62.8 Å². The number of fused-ring (bicyclic) bond motifs is 1. The molecule has 0 N–H and O–H groups in total. The molecule has 1 aliphatic rings. The molecule has 0 fully saturated rings. The van der Waals surface area contributed by atoms with Crippen molar-refractivity contribution in [1.82, 2.24) is 4.57 Å². The van der Waals surface area contributed by atoms with Gasteiger partial charge in [-0.05, 0) is 48.6 Å². The predicted octanol–water partition coefficient (Wildman–Crippen LogP) is 3.26. The topological polar surface area (TPSA) is 69.9 Å². The lowest BCUT2D eigenvalue weighted by Crippen LogP contribution is -2.39. The van der Waals surface area contributed by atoms with Crippen LogP contribution in [0.5, 0.6) is 5.75 Å². The Morgan fingerprint density at radius 2 is 2.03 bits per heavy atom. The third-order valence-corrected chi connectivity index (χ3v) is 6.80. The number of aromatic nitrogens is 1. The zero-order valence-electron chi connectivity index (χ0n) is 17.5. The zero-order chi connectivity index (χ0) is 22.0. The van der Waals surface area contributed by atoms with Crippen LogP contribution in [0.2, 0.25) is 0 Å². The number of carbonyl (C=O) groups excluding carboxylic acids is 1. The zero-order valence-corrected chi connectivity index (χ0v) is 19.1. The molecule has 3 heterocycles. The van der Waals surface area contributed by atoms with Crippen LogP contribution in [0, 0.1) is 0 Å². The first-order chi connectivity index (χ1) is 15.0. The molecule has 8 heteroatoms. The lowest BCUT2D eigenvalue weighted by atomic mass is 10.0. The number of rotatable bonds is 6. The number of ether oxygens (including phenoxy) is 2. The number of thiophene rings is 1. The van der Waals surface area contributed by atoms with Crippen molar-refractivity contribution in [3.63, 3.8) is 0 Å². The van der Waals surface area contributed by atoms with Crippen molar-refractivity contribution in [2.45, 2.75) is 26.3 Å². The average Bonchev–Trinajstić information content (AvgIpc) is 3.41. The third kappa shape index (κ3) is 4.13. The van der Waals surface area contributed by atoms with Crippen molar-refractivity contribution in [3.05, 3.63) is 83.2 Å². The monoisotopic (exact) mass is 454 g/mol. The minimum absolute atomic E-state index is 0.178. The number of hydrogen-bond acceptors (Lipinski definition) is 7. The fourth-order valence-electron chi connectivity index (χ4n) is 3.44. The van der Waals surface area contributed by atoms with Crippen molar-refractivity contribution in [2.24, 2.45) is 4.99 Å². The Balaban J connectivity index is 1.82. The molecule has 4 rings (SSSR count). The van der Waals surface area contributed by atoms with Crippen molar-refractivity contribution >= 4 is 34.7 Å². The SMILES string of the molecule is CCCOc1ccc(/C=c2/sc3n(c2=O)[C@@H](c2cccs2)C(C(=O)OC)=C(C)N=3)cc1. The molecule has 0 amide bonds. The molecule has 1 atom stereocenters. The second-order valence-corrected chi connectivity index (χ2v) is 8.99. The molecule has 160 valence electrons. The molecule has 31 heavy (non-hydrogen) atoms. The summed E-state index contributed by atoms with van der Waals surface area (Å²) in [5.41, 5.74) is 1.67. The van der Waals surface area contributed by atoms with Crippen molar-refractivity contribution in [2.75, 3.05) is 13.7 Å². The summed E-state index contributed by atoms with van der Waals surface area (Å²) in [6.07, 6.45) is 2.79. The second kappa shape index (κ2) is 9.03. The van der Waals surface area contributed by atoms with Crippen molar-refractivity contribution in [3.8, 4) is 5.75 Å². The fraction of sp³-hybridized carbons (Fsp3) is 0.261. The summed E-state index contributed by atoms with van der Waals surface area (Å²) in [6.45, 7) is 4.51. The van der Waals surface area contributed by atoms with Crippen LogP contribution in [0.4, 0.5) is 0 Å². The van der Waals surface area contributed by atoms with E-state index in [1.54, 1.807) is 11.5 Å². The van der Waals surface area contributed by atoms with Crippen LogP contribution in [0.1, 0.15) is 36.8 Å². The van der Waals surface area contributed by atoms with Gasteiger partial charge in [0.15, 0.2) is 4.80 Å². The van der Waals surface area contributed by atoms with E-state index in [2.05, 4.69) is 11.9 Å². The summed E-state index contributed by atoms with van der Waals surface area (Å²) in [5, 5.41) is 1.93. The van der Waals surface area contributed by atoms with Gasteiger partial charge in [-0.1, -0.05) is 36.5 Å². The van der Waals surface area contributed by atoms with Gasteiger partial charge in [0.05, 0.1) is 29.5 Å². The van der Waals surface area contributed by atoms with Gasteiger partial charge in [0.2, 0.25) is 0 Å². The molecule has 0 spiro atoms. The van der Waals surface area contributed by atoms with Gasteiger partial charge in [0.1, 0.15) is 11.8 Å². The Hall–Kier alpha value is -2.97. The van der Waals surface area contributed by atoms with Gasteiger partial charge in [-0.3, -0.25) is 9.36 Å². The molecule has 0 saturated heterocycles. The highest BCUT2D eigenvalue weighted by atomic mass is 32.1. The van der Waals surface area contributed by atoms with E-state index in [1.807, 2.05) is 47.9 Å². The van der Waals surface area contributed by atoms with Crippen LogP contribution in [-0.2, 0) is 9.53 Å². The molecule has 0 aliphatic carbocycles. The van der Waals surface area contributed by atoms with Gasteiger partial charge in [0, 0.05) is 4.88 Å². The average molecular weight is 455 g/mol. The molecule has 0 bridgehead atoms. The van der Waals surface area contributed by atoms with E-state index in [9.17, 15) is 9.59 Å². The summed E-state index contributed by atoms with van der Waals surface area (Å²) in [5.74, 6) is 0.327. The van der Waals surface area contributed by atoms with Crippen molar-refractivity contribution in [1.29, 1.82) is 0 Å². The number of benzene rings is 1. The van der Waals surface area contributed by atoms with E-state index in [0.717, 1.165) is 22.6 Å². The van der Waals surface area contributed by atoms with E-state index < -0.39 is 12.0 Å². The van der Waals surface area contributed by atoms with Gasteiger partial charge < -0.3 is 9.47 Å². The first-order valence-electron chi connectivity index (χ1n) is 9.90. The van der Waals surface area contributed by atoms with Crippen LogP contribution in [-0.4, -0.2) is 24.3 Å². The smallest absolute Gasteiger partial charge is 0.338 e. The number of methoxy groups -OCH3 is 1. The fourth-order valence-corrected chi connectivity index (χ4v) is 5.31. The first-order valence-corrected chi connectivity index (χ1v) is 11.6. The van der Waals surface area contributed by atoms with E-state index in [0.29, 0.717) is 27.2 Å². The Labute approximate surface area is 187 Å². The Morgan fingerprint density at radius 1 is 1.26 bits per heavy atom. The van der Waals surface area contributed by atoms with Gasteiger partial charge >= 0.3 is 5.97 Å². The maximum absolute atomic E-state index is 13.4. The van der Waals surface area contributed by atoms with E-state index >= 15 is 0 Å². The molecule has 0 saturated carbocycles. The van der Waals surface area contributed by atoms with Gasteiger partial charge in [-0.15, -0.1) is 11.3 Å². The molecule has 2 aromatic heterocycles. The molecule has 1 aromatic carbocycles. The quantitative estimate of drug-likeness (QED) is 0.536. The predicted molar refractivity (Wildman–Crippen MR) is 122 cm³/mol. The minimum atomic E-state index is -0.546. The highest BCUT2D eigenvalue weighted by Gasteiger charge is 2.33. The van der Waals surface area contributed by atoms with Gasteiger partial charge in [-0.25, -0.2) is 9.79 Å². The van der Waals surface area contributed by atoms with Gasteiger partial charge in [0.25, 0.3) is 5.56 Å². The maximum atomic E-state index is 13.4. The number of esters is 1. The highest BCUT2D eigenvalue weighted by Crippen LogP contribution is 2.32. The molecule has 0 radical (unpaired) electrons. The molecule has 3 aromatic rings. The molecule has 1 aliphatic heterocycles. The van der Waals surface area contributed by atoms with Crippen molar-refractivity contribution < 1.29 is 14.3 Å². The standard InChI is InChI=1S/C23H22N2O4S2/c1-4-11-29-16-9-7-15(8-10-16)13-18-21(26)25-20(17-6-5-12-30-17)19(22(27)28-3)14(2)24-23(25)31-18/h5-10,12-13,20H,4,11H2,1-3H3/b18-13+/t20-/m0/s1. The Bertz CT molecular complexity index is 1300. The number of allylic oxidation sites excluding steroid dienone is 1. The largest absolute Gasteiger partial charge is 0.494 e. The second-order valence-electron chi connectivity index (χ2n) is 7.01. The number of nitrogens with zero attached hydrogens (tertiary/aromatic N) is 2. The summed E-state index contributed by atoms with van der Waals surface area (Å²) < 4.78 is 12.8. The molecule has 6 nitrogen and oxygen atoms in total. The lowest BCUT2D eigenvalue weighted by Gasteiger charge is -2.22. The van der Waals surface area contributed by atoms with E-state index in [1.165, 1.54) is 29.8 Å². The number of hydrogen-bond donors (Lipinski definition) is 0. The van der Waals surface area contributed by atoms with Crippen LogP contribution in [0.25, 0.3) is 6.08 Å². The first kappa shape index (κ1) is 21.3. The summed E-state index contributed by atoms with van der Waals surface area (Å²) in [7, 11) is 1.34. The molecular formula is C23H22N2O4S2. The summed E-state index contributed by atoms with van der Waals surface area (Å²) >= 11 is 2.81. The van der Waals surface area contributed by atoms with Gasteiger partial charge in [-0.2, -0.15) is 0 Å². The Kier molecular flexibility index (Phi) is 6.20. The number of thiazole rings is 1. The Morgan fingerprint density at radius 3 is 2.68 bits per heavy atom. The van der Waals surface area contributed by atoms with Crippen LogP contribution >= 0.6 is 22.7 Å². The minimum Gasteiger partial charge on any atom is -0.494 e. The normalized spacial score (nSPS) is 16.1. The highest BCUT2D eigenvalue weighted by molar-refractivity contribution is 7.10. The van der Waals surface area contributed by atoms with E-state index in [-0.39, 0.29) is 5.56 Å². The third-order valence-electron chi connectivity index (χ3n) is 4.89. The van der Waals surface area contributed by atoms with Crippen LogP contribution < -0.4 is 19.6 Å². The van der Waals surface area contributed by atoms with Crippen LogP contribution in [0.3, 0.4) is 0 Å². The summed E-state index contributed by atoms with van der Waals surface area (Å²) in [6, 6.07) is 10.9. The number of carbonyl (C=O) groups is 1. The summed E-state index contributed by atoms with van der Waals surface area (Å²) in [4.78, 5) is 31.9. The lowest BCUT2D eigenvalue weighted by molar-refractivity contribution is -0.136. The van der Waals surface area contributed by atoms with E-state index in [4.69, 9.17) is 9.47 Å². The maximum Gasteiger partial charge on any atom is 0.338 e. The molecule has 0 unspecified atom stereocenters.